The fraction of sp³-hybridized carbons (Fsp3) is 0.346. The van der Waals surface area contributed by atoms with E-state index < -0.39 is 11.9 Å². The summed E-state index contributed by atoms with van der Waals surface area (Å²) in [5.74, 6) is -1.16. The van der Waals surface area contributed by atoms with Gasteiger partial charge in [-0.15, -0.1) is 0 Å². The Hall–Kier alpha value is -3.12. The van der Waals surface area contributed by atoms with Crippen molar-refractivity contribution >= 4 is 29.4 Å². The van der Waals surface area contributed by atoms with Gasteiger partial charge < -0.3 is 15.0 Å². The maximum atomic E-state index is 13.2. The van der Waals surface area contributed by atoms with Crippen LogP contribution in [0.5, 0.6) is 0 Å². The van der Waals surface area contributed by atoms with Crippen LogP contribution in [0.1, 0.15) is 61.5 Å². The lowest BCUT2D eigenvalue weighted by atomic mass is 9.83. The number of amides is 2. The fourth-order valence-corrected chi connectivity index (χ4v) is 4.22. The molecule has 0 spiro atoms. The van der Waals surface area contributed by atoms with Gasteiger partial charge in [-0.2, -0.15) is 0 Å². The van der Waals surface area contributed by atoms with E-state index in [0.29, 0.717) is 21.9 Å². The molecule has 6 nitrogen and oxygen atoms in total. The second-order valence-corrected chi connectivity index (χ2v) is 8.78. The van der Waals surface area contributed by atoms with Crippen LogP contribution in [0.4, 0.5) is 0 Å². The van der Waals surface area contributed by atoms with E-state index >= 15 is 0 Å². The van der Waals surface area contributed by atoms with E-state index in [4.69, 9.17) is 16.3 Å². The predicted molar refractivity (Wildman–Crippen MR) is 128 cm³/mol. The van der Waals surface area contributed by atoms with Crippen LogP contribution in [0.25, 0.3) is 0 Å². The number of nitrogens with one attached hydrogen (secondary N) is 1. The molecule has 174 valence electrons. The molecule has 3 rings (SSSR count). The van der Waals surface area contributed by atoms with Gasteiger partial charge in [-0.1, -0.05) is 35.9 Å². The molecule has 2 aromatic rings. The molecule has 1 atom stereocenters. The molecule has 0 aromatic heterocycles. The number of carbonyl (C=O) groups excluding carboxylic acids is 3. The zero-order valence-electron chi connectivity index (χ0n) is 19.4. The predicted octanol–water partition coefficient (Wildman–Crippen LogP) is 4.83. The van der Waals surface area contributed by atoms with Crippen molar-refractivity contribution in [1.29, 1.82) is 0 Å². The molecular formula is C26H29ClN2O4. The Morgan fingerprint density at radius 3 is 2.58 bits per heavy atom. The quantitative estimate of drug-likeness (QED) is 0.590. The Morgan fingerprint density at radius 2 is 1.91 bits per heavy atom. The minimum Gasteiger partial charge on any atom is -0.463 e. The summed E-state index contributed by atoms with van der Waals surface area (Å²) in [4.78, 5) is 40.1. The topological polar surface area (TPSA) is 75.7 Å². The number of hydrogen-bond acceptors (Lipinski definition) is 4. The summed E-state index contributed by atoms with van der Waals surface area (Å²) in [6.07, 6.45) is 0.124. The van der Waals surface area contributed by atoms with E-state index in [2.05, 4.69) is 5.32 Å². The molecule has 0 bridgehead atoms. The Kier molecular flexibility index (Phi) is 7.92. The first-order valence-electron chi connectivity index (χ1n) is 11.0. The summed E-state index contributed by atoms with van der Waals surface area (Å²) < 4.78 is 5.33. The SMILES string of the molecule is CCOC(=O)C1=C(C)N(Cc2cccc(C(=O)NC(C)C)c2)C(=O)CC1c1cccc(Cl)c1. The molecule has 0 aliphatic carbocycles. The molecule has 33 heavy (non-hydrogen) atoms. The standard InChI is InChI=1S/C26H29ClN2O4/c1-5-33-26(32)24-17(4)29(23(30)14-22(24)19-9-7-11-21(27)13-19)15-18-8-6-10-20(12-18)25(31)28-16(2)3/h6-13,16,22H,5,14-15H2,1-4H3,(H,28,31). The van der Waals surface area contributed by atoms with Gasteiger partial charge in [-0.05, 0) is 63.1 Å². The van der Waals surface area contributed by atoms with E-state index in [1.807, 2.05) is 26.0 Å². The number of halogens is 1. The van der Waals surface area contributed by atoms with Crippen LogP contribution in [-0.2, 0) is 20.9 Å². The summed E-state index contributed by atoms with van der Waals surface area (Å²) in [6.45, 7) is 7.79. The Balaban J connectivity index is 1.97. The zero-order valence-corrected chi connectivity index (χ0v) is 20.1. The summed E-state index contributed by atoms with van der Waals surface area (Å²) in [5.41, 5.74) is 3.11. The van der Waals surface area contributed by atoms with E-state index in [9.17, 15) is 14.4 Å². The molecule has 7 heteroatoms. The molecule has 0 saturated heterocycles. The summed E-state index contributed by atoms with van der Waals surface area (Å²) in [7, 11) is 0. The maximum absolute atomic E-state index is 13.2. The molecule has 0 radical (unpaired) electrons. The van der Waals surface area contributed by atoms with Crippen molar-refractivity contribution < 1.29 is 19.1 Å². The Morgan fingerprint density at radius 1 is 1.18 bits per heavy atom. The Labute approximate surface area is 199 Å². The molecule has 0 fully saturated rings. The van der Waals surface area contributed by atoms with Crippen LogP contribution in [0, 0.1) is 0 Å². The number of carbonyl (C=O) groups is 3. The van der Waals surface area contributed by atoms with Crippen LogP contribution >= 0.6 is 11.6 Å². The lowest BCUT2D eigenvalue weighted by molar-refractivity contribution is -0.140. The van der Waals surface area contributed by atoms with Crippen LogP contribution in [-0.4, -0.2) is 35.3 Å². The highest BCUT2D eigenvalue weighted by atomic mass is 35.5. The summed E-state index contributed by atoms with van der Waals surface area (Å²) >= 11 is 6.17. The highest BCUT2D eigenvalue weighted by molar-refractivity contribution is 6.30. The average molecular weight is 469 g/mol. The average Bonchev–Trinajstić information content (AvgIpc) is 2.76. The number of allylic oxidation sites excluding steroid dienone is 1. The van der Waals surface area contributed by atoms with Gasteiger partial charge in [0.2, 0.25) is 5.91 Å². The van der Waals surface area contributed by atoms with Crippen molar-refractivity contribution in [3.63, 3.8) is 0 Å². The summed E-state index contributed by atoms with van der Waals surface area (Å²) in [6, 6.07) is 14.4. The number of rotatable bonds is 7. The molecule has 1 aliphatic heterocycles. The van der Waals surface area contributed by atoms with Gasteiger partial charge in [-0.3, -0.25) is 9.59 Å². The first kappa shape index (κ1) is 24.5. The van der Waals surface area contributed by atoms with Crippen LogP contribution in [0.2, 0.25) is 5.02 Å². The fourth-order valence-electron chi connectivity index (χ4n) is 4.02. The lowest BCUT2D eigenvalue weighted by Gasteiger charge is -2.34. The summed E-state index contributed by atoms with van der Waals surface area (Å²) in [5, 5.41) is 3.41. The minimum atomic E-state index is -0.442. The monoisotopic (exact) mass is 468 g/mol. The van der Waals surface area contributed by atoms with Crippen molar-refractivity contribution in [2.45, 2.75) is 52.6 Å². The lowest BCUT2D eigenvalue weighted by Crippen LogP contribution is -2.38. The molecule has 1 aliphatic rings. The first-order valence-corrected chi connectivity index (χ1v) is 11.4. The van der Waals surface area contributed by atoms with Crippen LogP contribution in [0.15, 0.2) is 59.8 Å². The second kappa shape index (κ2) is 10.7. The van der Waals surface area contributed by atoms with Gasteiger partial charge >= 0.3 is 5.97 Å². The van der Waals surface area contributed by atoms with E-state index in [-0.39, 0.29) is 37.4 Å². The van der Waals surface area contributed by atoms with Gasteiger partial charge in [0.15, 0.2) is 0 Å². The van der Waals surface area contributed by atoms with Crippen molar-refractivity contribution in [3.05, 3.63) is 81.5 Å². The second-order valence-electron chi connectivity index (χ2n) is 8.34. The van der Waals surface area contributed by atoms with Crippen LogP contribution in [0.3, 0.4) is 0 Å². The van der Waals surface area contributed by atoms with Gasteiger partial charge in [0, 0.05) is 34.7 Å². The third-order valence-electron chi connectivity index (χ3n) is 5.52. The highest BCUT2D eigenvalue weighted by Crippen LogP contribution is 2.38. The van der Waals surface area contributed by atoms with Gasteiger partial charge in [-0.25, -0.2) is 4.79 Å². The molecule has 1 N–H and O–H groups in total. The third-order valence-corrected chi connectivity index (χ3v) is 5.75. The van der Waals surface area contributed by atoms with Crippen molar-refractivity contribution in [1.82, 2.24) is 10.2 Å². The molecular weight excluding hydrogens is 440 g/mol. The number of nitrogens with zero attached hydrogens (tertiary/aromatic N) is 1. The molecule has 0 saturated carbocycles. The third kappa shape index (κ3) is 5.82. The zero-order chi connectivity index (χ0) is 24.1. The first-order chi connectivity index (χ1) is 15.7. The molecule has 1 unspecified atom stereocenters. The van der Waals surface area contributed by atoms with Crippen molar-refractivity contribution in [2.24, 2.45) is 0 Å². The van der Waals surface area contributed by atoms with E-state index in [1.54, 1.807) is 55.1 Å². The number of hydrogen-bond donors (Lipinski definition) is 1. The minimum absolute atomic E-state index is 0.0190. The van der Waals surface area contributed by atoms with Crippen molar-refractivity contribution in [2.75, 3.05) is 6.61 Å². The number of benzene rings is 2. The van der Waals surface area contributed by atoms with E-state index in [1.165, 1.54) is 0 Å². The van der Waals surface area contributed by atoms with Crippen molar-refractivity contribution in [3.8, 4) is 0 Å². The van der Waals surface area contributed by atoms with Gasteiger partial charge in [0.25, 0.3) is 5.91 Å². The molecule has 2 aromatic carbocycles. The maximum Gasteiger partial charge on any atom is 0.336 e. The normalized spacial score (nSPS) is 16.2. The number of ether oxygens (including phenoxy) is 1. The van der Waals surface area contributed by atoms with Gasteiger partial charge in [0.1, 0.15) is 0 Å². The smallest absolute Gasteiger partial charge is 0.336 e. The number of esters is 1. The van der Waals surface area contributed by atoms with Crippen LogP contribution < -0.4 is 5.32 Å². The molecule has 1 heterocycles. The Bertz CT molecular complexity index is 1090. The van der Waals surface area contributed by atoms with E-state index in [0.717, 1.165) is 11.1 Å². The molecule has 2 amide bonds. The largest absolute Gasteiger partial charge is 0.463 e. The van der Waals surface area contributed by atoms with Gasteiger partial charge in [0.05, 0.1) is 18.7 Å². The highest BCUT2D eigenvalue weighted by Gasteiger charge is 2.37.